The van der Waals surface area contributed by atoms with Gasteiger partial charge in [0.25, 0.3) is 0 Å². The molecule has 3 aromatic rings. The molecule has 32 heavy (non-hydrogen) atoms. The van der Waals surface area contributed by atoms with Crippen LogP contribution >= 0.6 is 11.6 Å². The molecule has 0 radical (unpaired) electrons. The Labute approximate surface area is 190 Å². The zero-order valence-corrected chi connectivity index (χ0v) is 18.2. The predicted octanol–water partition coefficient (Wildman–Crippen LogP) is 5.93. The van der Waals surface area contributed by atoms with E-state index in [-0.39, 0.29) is 11.1 Å². The van der Waals surface area contributed by atoms with E-state index in [0.29, 0.717) is 17.9 Å². The molecule has 1 heterocycles. The van der Waals surface area contributed by atoms with E-state index >= 15 is 0 Å². The van der Waals surface area contributed by atoms with Gasteiger partial charge in [0.1, 0.15) is 12.4 Å². The van der Waals surface area contributed by atoms with E-state index < -0.39 is 11.7 Å². The second-order valence-corrected chi connectivity index (χ2v) is 8.18. The molecule has 0 amide bonds. The second-order valence-electron chi connectivity index (χ2n) is 7.77. The molecule has 1 fully saturated rings. The lowest BCUT2D eigenvalue weighted by atomic mass is 9.94. The lowest BCUT2D eigenvalue weighted by Gasteiger charge is -2.36. The first-order chi connectivity index (χ1) is 15.4. The first kappa shape index (κ1) is 22.6. The Balaban J connectivity index is 1.61. The van der Waals surface area contributed by atoms with Crippen LogP contribution in [0, 0.1) is 0 Å². The fourth-order valence-electron chi connectivity index (χ4n) is 3.97. The standard InChI is InChI=1S/C25H24ClF3N2O/c26-23-11-8-20(16-22(23)25(27,28)29)24(31-14-12-30-13-15-31)19-6-9-21(10-7-19)32-17-18-4-2-1-3-5-18/h1-11,16,24,30H,12-15,17H2. The fraction of sp³-hybridized carbons (Fsp3) is 0.280. The molecule has 1 aliphatic rings. The summed E-state index contributed by atoms with van der Waals surface area (Å²) in [4.78, 5) is 2.19. The lowest BCUT2D eigenvalue weighted by Crippen LogP contribution is -2.45. The summed E-state index contributed by atoms with van der Waals surface area (Å²) in [6.07, 6.45) is -4.50. The highest BCUT2D eigenvalue weighted by atomic mass is 35.5. The summed E-state index contributed by atoms with van der Waals surface area (Å²) < 4.78 is 46.3. The van der Waals surface area contributed by atoms with Crippen LogP contribution in [0.5, 0.6) is 5.75 Å². The van der Waals surface area contributed by atoms with E-state index in [1.54, 1.807) is 6.07 Å². The summed E-state index contributed by atoms with van der Waals surface area (Å²) >= 11 is 5.86. The van der Waals surface area contributed by atoms with Crippen molar-refractivity contribution in [2.45, 2.75) is 18.8 Å². The molecule has 0 bridgehead atoms. The van der Waals surface area contributed by atoms with E-state index in [9.17, 15) is 13.2 Å². The number of ether oxygens (including phenoxy) is 1. The molecule has 3 nitrogen and oxygen atoms in total. The van der Waals surface area contributed by atoms with Crippen molar-refractivity contribution < 1.29 is 17.9 Å². The van der Waals surface area contributed by atoms with E-state index in [1.807, 2.05) is 54.6 Å². The number of nitrogens with one attached hydrogen (secondary N) is 1. The Morgan fingerprint density at radius 2 is 1.56 bits per heavy atom. The maximum atomic E-state index is 13.5. The number of alkyl halides is 3. The molecule has 0 saturated carbocycles. The van der Waals surface area contributed by atoms with Gasteiger partial charge < -0.3 is 10.1 Å². The number of rotatable bonds is 6. The van der Waals surface area contributed by atoms with Gasteiger partial charge in [0.2, 0.25) is 0 Å². The average Bonchev–Trinajstić information content (AvgIpc) is 2.80. The Bertz CT molecular complexity index is 1020. The molecule has 168 valence electrons. The van der Waals surface area contributed by atoms with Crippen molar-refractivity contribution in [1.29, 1.82) is 0 Å². The van der Waals surface area contributed by atoms with Gasteiger partial charge in [-0.2, -0.15) is 13.2 Å². The summed E-state index contributed by atoms with van der Waals surface area (Å²) in [6.45, 7) is 3.50. The van der Waals surface area contributed by atoms with Crippen molar-refractivity contribution in [2.75, 3.05) is 26.2 Å². The highest BCUT2D eigenvalue weighted by Crippen LogP contribution is 2.38. The molecule has 3 aromatic carbocycles. The normalized spacial score (nSPS) is 16.0. The number of piperazine rings is 1. The van der Waals surface area contributed by atoms with Crippen LogP contribution in [0.2, 0.25) is 5.02 Å². The Morgan fingerprint density at radius 3 is 2.22 bits per heavy atom. The van der Waals surface area contributed by atoms with E-state index in [2.05, 4.69) is 10.2 Å². The number of benzene rings is 3. The molecule has 4 rings (SSSR count). The molecule has 1 atom stereocenters. The highest BCUT2D eigenvalue weighted by molar-refractivity contribution is 6.31. The van der Waals surface area contributed by atoms with E-state index in [4.69, 9.17) is 16.3 Å². The monoisotopic (exact) mass is 460 g/mol. The van der Waals surface area contributed by atoms with Crippen LogP contribution in [-0.2, 0) is 12.8 Å². The summed E-state index contributed by atoms with van der Waals surface area (Å²) in [5.41, 5.74) is 1.74. The number of halogens is 4. The molecule has 1 aliphatic heterocycles. The highest BCUT2D eigenvalue weighted by Gasteiger charge is 2.35. The van der Waals surface area contributed by atoms with Crippen LogP contribution < -0.4 is 10.1 Å². The summed E-state index contributed by atoms with van der Waals surface area (Å²) in [6, 6.07) is 21.3. The number of nitrogens with zero attached hydrogens (tertiary/aromatic N) is 1. The smallest absolute Gasteiger partial charge is 0.417 e. The topological polar surface area (TPSA) is 24.5 Å². The fourth-order valence-corrected chi connectivity index (χ4v) is 4.20. The van der Waals surface area contributed by atoms with Crippen LogP contribution in [0.25, 0.3) is 0 Å². The van der Waals surface area contributed by atoms with Crippen molar-refractivity contribution in [2.24, 2.45) is 0 Å². The van der Waals surface area contributed by atoms with Crippen LogP contribution in [0.15, 0.2) is 72.8 Å². The molecule has 0 aliphatic carbocycles. The lowest BCUT2D eigenvalue weighted by molar-refractivity contribution is -0.137. The quantitative estimate of drug-likeness (QED) is 0.493. The third-order valence-corrected chi connectivity index (χ3v) is 5.90. The van der Waals surface area contributed by atoms with Gasteiger partial charge >= 0.3 is 6.18 Å². The predicted molar refractivity (Wildman–Crippen MR) is 120 cm³/mol. The largest absolute Gasteiger partial charge is 0.489 e. The first-order valence-electron chi connectivity index (χ1n) is 10.5. The van der Waals surface area contributed by atoms with Crippen molar-refractivity contribution in [1.82, 2.24) is 10.2 Å². The van der Waals surface area contributed by atoms with Crippen molar-refractivity contribution in [3.8, 4) is 5.75 Å². The molecule has 7 heteroatoms. The summed E-state index contributed by atoms with van der Waals surface area (Å²) in [5, 5.41) is 3.01. The van der Waals surface area contributed by atoms with Crippen molar-refractivity contribution >= 4 is 11.6 Å². The minimum Gasteiger partial charge on any atom is -0.489 e. The maximum absolute atomic E-state index is 13.5. The van der Waals surface area contributed by atoms with Gasteiger partial charge in [-0.1, -0.05) is 60.1 Å². The average molecular weight is 461 g/mol. The van der Waals surface area contributed by atoms with Crippen LogP contribution in [0.3, 0.4) is 0 Å². The molecule has 1 unspecified atom stereocenters. The minimum atomic E-state index is -4.50. The molecule has 1 saturated heterocycles. The minimum absolute atomic E-state index is 0.287. The van der Waals surface area contributed by atoms with Gasteiger partial charge in [-0.25, -0.2) is 0 Å². The SMILES string of the molecule is FC(F)(F)c1cc(C(c2ccc(OCc3ccccc3)cc2)N2CCNCC2)ccc1Cl. The van der Waals surface area contributed by atoms with Crippen molar-refractivity contribution in [3.63, 3.8) is 0 Å². The maximum Gasteiger partial charge on any atom is 0.417 e. The Hall–Kier alpha value is -2.54. The van der Waals surface area contributed by atoms with Crippen LogP contribution in [0.4, 0.5) is 13.2 Å². The van der Waals surface area contributed by atoms with Gasteiger partial charge in [0, 0.05) is 26.2 Å². The third kappa shape index (κ3) is 5.44. The van der Waals surface area contributed by atoms with Gasteiger partial charge in [0.15, 0.2) is 0 Å². The Morgan fingerprint density at radius 1 is 0.906 bits per heavy atom. The summed E-state index contributed by atoms with van der Waals surface area (Å²) in [5.74, 6) is 0.712. The molecular formula is C25H24ClF3N2O. The molecule has 1 N–H and O–H groups in total. The Kier molecular flexibility index (Phi) is 7.04. The zero-order valence-electron chi connectivity index (χ0n) is 17.4. The van der Waals surface area contributed by atoms with Crippen molar-refractivity contribution in [3.05, 3.63) is 100 Å². The summed E-state index contributed by atoms with van der Waals surface area (Å²) in [7, 11) is 0. The van der Waals surface area contributed by atoms with Gasteiger partial charge in [-0.15, -0.1) is 0 Å². The first-order valence-corrected chi connectivity index (χ1v) is 10.9. The van der Waals surface area contributed by atoms with Crippen LogP contribution in [-0.4, -0.2) is 31.1 Å². The number of hydrogen-bond acceptors (Lipinski definition) is 3. The van der Waals surface area contributed by atoms with Crippen LogP contribution in [0.1, 0.15) is 28.3 Å². The molecule has 0 aromatic heterocycles. The van der Waals surface area contributed by atoms with Gasteiger partial charge in [0.05, 0.1) is 16.6 Å². The zero-order chi connectivity index (χ0) is 22.6. The molecule has 0 spiro atoms. The second kappa shape index (κ2) is 9.94. The molecular weight excluding hydrogens is 437 g/mol. The van der Waals surface area contributed by atoms with Gasteiger partial charge in [-0.3, -0.25) is 4.90 Å². The van der Waals surface area contributed by atoms with E-state index in [0.717, 1.165) is 37.3 Å². The van der Waals surface area contributed by atoms with Gasteiger partial charge in [-0.05, 0) is 41.0 Å². The number of hydrogen-bond donors (Lipinski definition) is 1. The third-order valence-electron chi connectivity index (χ3n) is 5.57. The van der Waals surface area contributed by atoms with E-state index in [1.165, 1.54) is 12.1 Å².